The molecule has 1 aromatic rings. The van der Waals surface area contributed by atoms with Gasteiger partial charge >= 0.3 is 0 Å². The zero-order chi connectivity index (χ0) is 10.9. The lowest BCUT2D eigenvalue weighted by Gasteiger charge is -2.06. The highest BCUT2D eigenvalue weighted by molar-refractivity contribution is 7.98. The fourth-order valence-electron chi connectivity index (χ4n) is 1.24. The second-order valence-corrected chi connectivity index (χ2v) is 4.26. The van der Waals surface area contributed by atoms with E-state index in [0.717, 1.165) is 13.0 Å². The molecule has 5 heteroatoms. The molecule has 0 saturated heterocycles. The number of rotatable bonds is 7. The lowest BCUT2D eigenvalue weighted by Crippen LogP contribution is -2.07. The minimum absolute atomic E-state index is 0.474. The maximum atomic E-state index is 5.64. The molecule has 0 aliphatic carbocycles. The van der Waals surface area contributed by atoms with E-state index in [0.29, 0.717) is 11.6 Å². The Morgan fingerprint density at radius 3 is 2.80 bits per heavy atom. The number of hydrogen-bond donors (Lipinski definition) is 2. The van der Waals surface area contributed by atoms with Crippen LogP contribution in [0, 0.1) is 0 Å². The van der Waals surface area contributed by atoms with Gasteiger partial charge in [-0.1, -0.05) is 6.42 Å². The molecule has 0 atom stereocenters. The summed E-state index contributed by atoms with van der Waals surface area (Å²) in [6.07, 6.45) is 9.05. The number of unbranched alkanes of at least 4 members (excludes halogenated alkanes) is 2. The van der Waals surface area contributed by atoms with Crippen molar-refractivity contribution in [3.05, 3.63) is 12.4 Å². The van der Waals surface area contributed by atoms with Crippen molar-refractivity contribution in [3.63, 3.8) is 0 Å². The zero-order valence-electron chi connectivity index (χ0n) is 9.07. The molecule has 0 fully saturated rings. The second kappa shape index (κ2) is 7.34. The smallest absolute Gasteiger partial charge is 0.168 e. The van der Waals surface area contributed by atoms with Crippen LogP contribution in [-0.2, 0) is 0 Å². The van der Waals surface area contributed by atoms with Gasteiger partial charge in [0.25, 0.3) is 0 Å². The Labute approximate surface area is 95.1 Å². The van der Waals surface area contributed by atoms with Crippen molar-refractivity contribution in [3.8, 4) is 0 Å². The summed E-state index contributed by atoms with van der Waals surface area (Å²) in [6, 6.07) is 0. The molecule has 15 heavy (non-hydrogen) atoms. The van der Waals surface area contributed by atoms with Crippen molar-refractivity contribution in [1.29, 1.82) is 0 Å². The standard InChI is InChI=1S/C10H18N4S/c1-15-8-4-2-3-5-13-10-9(11)12-6-7-14-10/h6-7H,2-5,8H2,1H3,(H2,11,12)(H,13,14). The van der Waals surface area contributed by atoms with Crippen LogP contribution in [0.1, 0.15) is 19.3 Å². The summed E-state index contributed by atoms with van der Waals surface area (Å²) in [5.74, 6) is 2.41. The number of nitrogen functional groups attached to an aromatic ring is 1. The Kier molecular flexibility index (Phi) is 5.92. The molecule has 0 saturated carbocycles. The summed E-state index contributed by atoms with van der Waals surface area (Å²) < 4.78 is 0. The molecule has 84 valence electrons. The molecule has 1 aromatic heterocycles. The minimum Gasteiger partial charge on any atom is -0.381 e. The number of thioether (sulfide) groups is 1. The van der Waals surface area contributed by atoms with Crippen LogP contribution in [0.3, 0.4) is 0 Å². The van der Waals surface area contributed by atoms with Crippen LogP contribution in [-0.4, -0.2) is 28.5 Å². The summed E-state index contributed by atoms with van der Waals surface area (Å²) in [4.78, 5) is 8.07. The van der Waals surface area contributed by atoms with E-state index in [9.17, 15) is 0 Å². The SMILES string of the molecule is CSCCCCCNc1nccnc1N. The highest BCUT2D eigenvalue weighted by Gasteiger charge is 1.98. The lowest BCUT2D eigenvalue weighted by atomic mass is 10.2. The third-order valence-electron chi connectivity index (χ3n) is 2.04. The number of anilines is 2. The van der Waals surface area contributed by atoms with Crippen LogP contribution in [0.5, 0.6) is 0 Å². The van der Waals surface area contributed by atoms with Crippen LogP contribution in [0.25, 0.3) is 0 Å². The van der Waals surface area contributed by atoms with Gasteiger partial charge in [-0.15, -0.1) is 0 Å². The number of aromatic nitrogens is 2. The number of nitrogens with zero attached hydrogens (tertiary/aromatic N) is 2. The molecular weight excluding hydrogens is 208 g/mol. The molecular formula is C10H18N4S. The molecule has 0 radical (unpaired) electrons. The minimum atomic E-state index is 0.474. The summed E-state index contributed by atoms with van der Waals surface area (Å²) >= 11 is 1.90. The van der Waals surface area contributed by atoms with Gasteiger partial charge in [0.1, 0.15) is 0 Å². The van der Waals surface area contributed by atoms with E-state index in [1.807, 2.05) is 11.8 Å². The molecule has 1 heterocycles. The molecule has 4 nitrogen and oxygen atoms in total. The third kappa shape index (κ3) is 4.88. The van der Waals surface area contributed by atoms with Crippen molar-refractivity contribution in [2.24, 2.45) is 0 Å². The fraction of sp³-hybridized carbons (Fsp3) is 0.600. The van der Waals surface area contributed by atoms with Crippen molar-refractivity contribution in [1.82, 2.24) is 9.97 Å². The van der Waals surface area contributed by atoms with Gasteiger partial charge in [0.05, 0.1) is 0 Å². The predicted molar refractivity (Wildman–Crippen MR) is 67.2 cm³/mol. The van der Waals surface area contributed by atoms with E-state index in [1.165, 1.54) is 18.6 Å². The van der Waals surface area contributed by atoms with E-state index in [2.05, 4.69) is 21.5 Å². The highest BCUT2D eigenvalue weighted by Crippen LogP contribution is 2.09. The van der Waals surface area contributed by atoms with E-state index in [1.54, 1.807) is 12.4 Å². The maximum absolute atomic E-state index is 5.64. The van der Waals surface area contributed by atoms with Gasteiger partial charge in [0, 0.05) is 18.9 Å². The molecule has 0 unspecified atom stereocenters. The van der Waals surface area contributed by atoms with E-state index < -0.39 is 0 Å². The average molecular weight is 226 g/mol. The van der Waals surface area contributed by atoms with E-state index in [-0.39, 0.29) is 0 Å². The van der Waals surface area contributed by atoms with Crippen LogP contribution in [0.4, 0.5) is 11.6 Å². The van der Waals surface area contributed by atoms with Crippen molar-refractivity contribution in [2.75, 3.05) is 29.6 Å². The summed E-state index contributed by atoms with van der Waals surface area (Å²) in [7, 11) is 0. The Morgan fingerprint density at radius 2 is 2.07 bits per heavy atom. The largest absolute Gasteiger partial charge is 0.381 e. The molecule has 0 bridgehead atoms. The summed E-state index contributed by atoms with van der Waals surface area (Å²) in [5, 5.41) is 3.18. The first-order valence-electron chi connectivity index (χ1n) is 5.14. The zero-order valence-corrected chi connectivity index (χ0v) is 9.89. The molecule has 3 N–H and O–H groups in total. The van der Waals surface area contributed by atoms with E-state index in [4.69, 9.17) is 5.73 Å². The van der Waals surface area contributed by atoms with Gasteiger partial charge in [-0.25, -0.2) is 9.97 Å². The lowest BCUT2D eigenvalue weighted by molar-refractivity contribution is 0.748. The fourth-order valence-corrected chi connectivity index (χ4v) is 1.73. The predicted octanol–water partition coefficient (Wildman–Crippen LogP) is 2.00. The number of nitrogens with one attached hydrogen (secondary N) is 1. The van der Waals surface area contributed by atoms with Gasteiger partial charge in [0.15, 0.2) is 11.6 Å². The van der Waals surface area contributed by atoms with Gasteiger partial charge < -0.3 is 11.1 Å². The van der Waals surface area contributed by atoms with Crippen molar-refractivity contribution in [2.45, 2.75) is 19.3 Å². The summed E-state index contributed by atoms with van der Waals surface area (Å²) in [6.45, 7) is 0.914. The van der Waals surface area contributed by atoms with E-state index >= 15 is 0 Å². The maximum Gasteiger partial charge on any atom is 0.168 e. The topological polar surface area (TPSA) is 63.8 Å². The second-order valence-electron chi connectivity index (χ2n) is 3.27. The summed E-state index contributed by atoms with van der Waals surface area (Å²) in [5.41, 5.74) is 5.64. The first-order chi connectivity index (χ1) is 7.34. The first kappa shape index (κ1) is 12.1. The third-order valence-corrected chi connectivity index (χ3v) is 2.74. The van der Waals surface area contributed by atoms with Crippen molar-refractivity contribution < 1.29 is 0 Å². The molecule has 0 amide bonds. The first-order valence-corrected chi connectivity index (χ1v) is 6.53. The van der Waals surface area contributed by atoms with Crippen LogP contribution < -0.4 is 11.1 Å². The quantitative estimate of drug-likeness (QED) is 0.696. The average Bonchev–Trinajstić information content (AvgIpc) is 2.25. The Bertz CT molecular complexity index is 280. The number of nitrogens with two attached hydrogens (primary N) is 1. The Hall–Kier alpha value is -0.970. The Morgan fingerprint density at radius 1 is 1.27 bits per heavy atom. The van der Waals surface area contributed by atoms with Gasteiger partial charge in [-0.2, -0.15) is 11.8 Å². The normalized spacial score (nSPS) is 10.2. The monoisotopic (exact) mass is 226 g/mol. The number of hydrogen-bond acceptors (Lipinski definition) is 5. The van der Waals surface area contributed by atoms with Crippen LogP contribution in [0.2, 0.25) is 0 Å². The highest BCUT2D eigenvalue weighted by atomic mass is 32.2. The van der Waals surface area contributed by atoms with Gasteiger partial charge in [0.2, 0.25) is 0 Å². The Balaban J connectivity index is 2.12. The van der Waals surface area contributed by atoms with Crippen LogP contribution >= 0.6 is 11.8 Å². The van der Waals surface area contributed by atoms with Gasteiger partial charge in [-0.3, -0.25) is 0 Å². The molecule has 0 aliphatic heterocycles. The molecule has 0 spiro atoms. The molecule has 0 aliphatic rings. The van der Waals surface area contributed by atoms with Crippen LogP contribution in [0.15, 0.2) is 12.4 Å². The van der Waals surface area contributed by atoms with Crippen molar-refractivity contribution >= 4 is 23.4 Å². The molecule has 0 aromatic carbocycles. The van der Waals surface area contributed by atoms with Gasteiger partial charge in [-0.05, 0) is 24.9 Å². The molecule has 1 rings (SSSR count).